The van der Waals surface area contributed by atoms with Gasteiger partial charge in [-0.05, 0) is 26.3 Å². The number of hydrogen-bond donors (Lipinski definition) is 1. The maximum atomic E-state index is 12.3. The molecule has 0 amide bonds. The van der Waals surface area contributed by atoms with Gasteiger partial charge < -0.3 is 9.88 Å². The molecule has 0 bridgehead atoms. The Labute approximate surface area is 133 Å². The highest BCUT2D eigenvalue weighted by Gasteiger charge is 2.15. The molecule has 0 atom stereocenters. The minimum atomic E-state index is 0.138. The lowest BCUT2D eigenvalue weighted by atomic mass is 10.2. The first-order chi connectivity index (χ1) is 10.0. The maximum absolute atomic E-state index is 12.3. The van der Waals surface area contributed by atoms with E-state index in [0.29, 0.717) is 5.75 Å². The number of carbonyl (C=O) groups is 1. The number of anilines is 1. The molecule has 2 aromatic rings. The van der Waals surface area contributed by atoms with Crippen LogP contribution >= 0.6 is 23.1 Å². The van der Waals surface area contributed by atoms with Crippen molar-refractivity contribution in [2.24, 2.45) is 7.05 Å². The monoisotopic (exact) mass is 324 g/mol. The summed E-state index contributed by atoms with van der Waals surface area (Å²) in [5.41, 5.74) is 2.92. The molecule has 2 rings (SSSR count). The second kappa shape index (κ2) is 7.09. The van der Waals surface area contributed by atoms with Crippen LogP contribution in [0.2, 0.25) is 0 Å². The van der Waals surface area contributed by atoms with Crippen molar-refractivity contribution >= 4 is 34.0 Å². The molecule has 1 N–H and O–H groups in total. The first-order valence-electron chi connectivity index (χ1n) is 6.89. The molecule has 21 heavy (non-hydrogen) atoms. The molecule has 0 saturated heterocycles. The van der Waals surface area contributed by atoms with Crippen LogP contribution in [0.5, 0.6) is 0 Å². The van der Waals surface area contributed by atoms with E-state index in [1.165, 1.54) is 23.1 Å². The molecule has 0 radical (unpaired) electrons. The van der Waals surface area contributed by atoms with Gasteiger partial charge in [0.15, 0.2) is 10.1 Å². The third-order valence-corrected chi connectivity index (χ3v) is 5.35. The summed E-state index contributed by atoms with van der Waals surface area (Å²) in [6.45, 7) is 6.98. The Bertz CT molecular complexity index is 633. The van der Waals surface area contributed by atoms with Gasteiger partial charge >= 0.3 is 0 Å². The molecular weight excluding hydrogens is 304 g/mol. The van der Waals surface area contributed by atoms with Crippen molar-refractivity contribution in [1.82, 2.24) is 14.8 Å². The van der Waals surface area contributed by atoms with E-state index in [4.69, 9.17) is 0 Å². The minimum Gasteiger partial charge on any atom is -0.360 e. The minimum absolute atomic E-state index is 0.138. The fourth-order valence-electron chi connectivity index (χ4n) is 1.91. The third kappa shape index (κ3) is 3.85. The number of nitrogens with one attached hydrogen (secondary N) is 1. The van der Waals surface area contributed by atoms with E-state index < -0.39 is 0 Å². The first-order valence-corrected chi connectivity index (χ1v) is 8.69. The molecule has 5 nitrogen and oxygen atoms in total. The molecule has 0 unspecified atom stereocenters. The summed E-state index contributed by atoms with van der Waals surface area (Å²) >= 11 is 2.94. The van der Waals surface area contributed by atoms with Gasteiger partial charge in [0.1, 0.15) is 0 Å². The van der Waals surface area contributed by atoms with Gasteiger partial charge in [-0.1, -0.05) is 30.0 Å². The van der Waals surface area contributed by atoms with Gasteiger partial charge in [0.2, 0.25) is 5.13 Å². The van der Waals surface area contributed by atoms with Crippen molar-refractivity contribution < 1.29 is 4.79 Å². The molecule has 2 heterocycles. The molecule has 0 spiro atoms. The zero-order chi connectivity index (χ0) is 15.4. The van der Waals surface area contributed by atoms with Crippen LogP contribution in [0.1, 0.15) is 35.1 Å². The lowest BCUT2D eigenvalue weighted by Crippen LogP contribution is -2.04. The van der Waals surface area contributed by atoms with Gasteiger partial charge in [0.25, 0.3) is 0 Å². The molecule has 0 aromatic carbocycles. The lowest BCUT2D eigenvalue weighted by molar-refractivity contribution is 0.102. The van der Waals surface area contributed by atoms with Crippen LogP contribution < -0.4 is 5.32 Å². The van der Waals surface area contributed by atoms with E-state index >= 15 is 0 Å². The number of carbonyl (C=O) groups excluding carboxylic acids is 1. The largest absolute Gasteiger partial charge is 0.360 e. The summed E-state index contributed by atoms with van der Waals surface area (Å²) in [6, 6.07) is 1.95. The van der Waals surface area contributed by atoms with Crippen molar-refractivity contribution in [3.8, 4) is 0 Å². The molecule has 0 aliphatic carbocycles. The zero-order valence-electron chi connectivity index (χ0n) is 12.8. The quantitative estimate of drug-likeness (QED) is 0.625. The van der Waals surface area contributed by atoms with Crippen LogP contribution in [0.3, 0.4) is 0 Å². The standard InChI is InChI=1S/C14H20N4OS2/c1-5-6-15-13-16-17-14(21-13)20-8-12(19)11-7-9(2)18(4)10(11)3/h7H,5-6,8H2,1-4H3,(H,15,16). The lowest BCUT2D eigenvalue weighted by Gasteiger charge is -2.01. The number of ketones is 1. The first kappa shape index (κ1) is 16.0. The molecular formula is C14H20N4OS2. The number of Topliss-reactive ketones (excluding diaryl/α,β-unsaturated/α-hetero) is 1. The van der Waals surface area contributed by atoms with Gasteiger partial charge in [-0.3, -0.25) is 4.79 Å². The van der Waals surface area contributed by atoms with E-state index in [2.05, 4.69) is 22.4 Å². The van der Waals surface area contributed by atoms with Crippen LogP contribution in [-0.4, -0.2) is 32.8 Å². The van der Waals surface area contributed by atoms with Crippen molar-refractivity contribution in [3.63, 3.8) is 0 Å². The average molecular weight is 324 g/mol. The molecule has 114 valence electrons. The SMILES string of the molecule is CCCNc1nnc(SCC(=O)c2cc(C)n(C)c2C)s1. The summed E-state index contributed by atoms with van der Waals surface area (Å²) in [4.78, 5) is 12.3. The van der Waals surface area contributed by atoms with Crippen LogP contribution in [0.15, 0.2) is 10.4 Å². The number of nitrogens with zero attached hydrogens (tertiary/aromatic N) is 3. The summed E-state index contributed by atoms with van der Waals surface area (Å²) < 4.78 is 2.86. The molecule has 0 aliphatic heterocycles. The molecule has 2 aromatic heterocycles. The zero-order valence-corrected chi connectivity index (χ0v) is 14.4. The van der Waals surface area contributed by atoms with E-state index in [-0.39, 0.29) is 5.78 Å². The highest BCUT2D eigenvalue weighted by molar-refractivity contribution is 8.01. The summed E-state index contributed by atoms with van der Waals surface area (Å²) in [6.07, 6.45) is 1.05. The van der Waals surface area contributed by atoms with Crippen LogP contribution in [0.25, 0.3) is 0 Å². The predicted octanol–water partition coefficient (Wildman–Crippen LogP) is 3.29. The second-order valence-corrected chi connectivity index (χ2v) is 7.06. The predicted molar refractivity (Wildman–Crippen MR) is 88.6 cm³/mol. The number of aryl methyl sites for hydroxylation is 1. The van der Waals surface area contributed by atoms with Crippen molar-refractivity contribution in [3.05, 3.63) is 23.0 Å². The van der Waals surface area contributed by atoms with Gasteiger partial charge in [-0.2, -0.15) is 0 Å². The number of rotatable bonds is 7. The Kier molecular flexibility index (Phi) is 5.41. The Morgan fingerprint density at radius 3 is 2.81 bits per heavy atom. The summed E-state index contributed by atoms with van der Waals surface area (Å²) in [7, 11) is 1.98. The Balaban J connectivity index is 1.94. The van der Waals surface area contributed by atoms with Crippen LogP contribution in [-0.2, 0) is 7.05 Å². The van der Waals surface area contributed by atoms with Crippen molar-refractivity contribution in [2.75, 3.05) is 17.6 Å². The van der Waals surface area contributed by atoms with Gasteiger partial charge in [-0.15, -0.1) is 10.2 Å². The molecule has 0 fully saturated rings. The van der Waals surface area contributed by atoms with E-state index in [9.17, 15) is 4.79 Å². The second-order valence-electron chi connectivity index (χ2n) is 4.86. The topological polar surface area (TPSA) is 59.8 Å². The van der Waals surface area contributed by atoms with E-state index in [0.717, 1.165) is 39.4 Å². The van der Waals surface area contributed by atoms with Gasteiger partial charge in [0.05, 0.1) is 5.75 Å². The van der Waals surface area contributed by atoms with Crippen LogP contribution in [0, 0.1) is 13.8 Å². The summed E-state index contributed by atoms with van der Waals surface area (Å²) in [5, 5.41) is 12.2. The average Bonchev–Trinajstić information content (AvgIpc) is 3.03. The number of thioether (sulfide) groups is 1. The maximum Gasteiger partial charge on any atom is 0.206 e. The van der Waals surface area contributed by atoms with Crippen LogP contribution in [0.4, 0.5) is 5.13 Å². The van der Waals surface area contributed by atoms with E-state index in [1.54, 1.807) is 0 Å². The highest BCUT2D eigenvalue weighted by atomic mass is 32.2. The number of aromatic nitrogens is 3. The fourth-order valence-corrected chi connectivity index (χ4v) is 3.57. The van der Waals surface area contributed by atoms with E-state index in [1.807, 2.05) is 31.5 Å². The Morgan fingerprint density at radius 1 is 1.43 bits per heavy atom. The number of hydrogen-bond acceptors (Lipinski definition) is 6. The normalized spacial score (nSPS) is 10.9. The Hall–Kier alpha value is -1.34. The van der Waals surface area contributed by atoms with Crippen molar-refractivity contribution in [1.29, 1.82) is 0 Å². The Morgan fingerprint density at radius 2 is 2.19 bits per heavy atom. The smallest absolute Gasteiger partial charge is 0.206 e. The van der Waals surface area contributed by atoms with Gasteiger partial charge in [0, 0.05) is 30.5 Å². The molecule has 0 aliphatic rings. The summed E-state index contributed by atoms with van der Waals surface area (Å²) in [5.74, 6) is 0.534. The van der Waals surface area contributed by atoms with Gasteiger partial charge in [-0.25, -0.2) is 0 Å². The third-order valence-electron chi connectivity index (χ3n) is 3.34. The molecule has 0 saturated carbocycles. The molecule has 7 heteroatoms. The highest BCUT2D eigenvalue weighted by Crippen LogP contribution is 2.26. The van der Waals surface area contributed by atoms with Crippen molar-refractivity contribution in [2.45, 2.75) is 31.5 Å². The fraction of sp³-hybridized carbons (Fsp3) is 0.500.